The van der Waals surface area contributed by atoms with Crippen LogP contribution in [-0.2, 0) is 16.8 Å². The highest BCUT2D eigenvalue weighted by Crippen LogP contribution is 2.35. The Morgan fingerprint density at radius 3 is 2.70 bits per heavy atom. The molecule has 3 heterocycles. The topological polar surface area (TPSA) is 90.1 Å². The van der Waals surface area contributed by atoms with Crippen LogP contribution in [0.4, 0.5) is 0 Å². The summed E-state index contributed by atoms with van der Waals surface area (Å²) in [7, 11) is 0. The van der Waals surface area contributed by atoms with E-state index in [4.69, 9.17) is 0 Å². The first-order valence-electron chi connectivity index (χ1n) is 9.51. The van der Waals surface area contributed by atoms with Gasteiger partial charge in [-0.15, -0.1) is 0 Å². The number of carbonyl (C=O) groups is 2. The summed E-state index contributed by atoms with van der Waals surface area (Å²) in [5, 5.41) is 6.44. The Morgan fingerprint density at radius 2 is 1.96 bits per heavy atom. The average molecular weight is 367 g/mol. The standard InChI is InChI=1S/C20H25N5O2/c1-14(24-18(26)15-5-3-2-4-6-15)19(27)25-11-8-20(9-12-25)17-16(7-10-23-20)21-13-22-17/h2-6,13-14,23H,7-12H2,1H3,(H,21,22)(H,24,26)/t14-/m0/s1. The number of imidazole rings is 1. The molecule has 2 aliphatic heterocycles. The quantitative estimate of drug-likeness (QED) is 0.760. The molecule has 4 rings (SSSR count). The number of likely N-dealkylation sites (tertiary alicyclic amines) is 1. The molecule has 3 N–H and O–H groups in total. The van der Waals surface area contributed by atoms with Crippen LogP contribution >= 0.6 is 0 Å². The van der Waals surface area contributed by atoms with E-state index in [9.17, 15) is 9.59 Å². The van der Waals surface area contributed by atoms with Crippen molar-refractivity contribution in [2.45, 2.75) is 37.8 Å². The van der Waals surface area contributed by atoms with Crippen LogP contribution in [0.15, 0.2) is 36.7 Å². The maximum Gasteiger partial charge on any atom is 0.251 e. The number of piperidine rings is 1. The summed E-state index contributed by atoms with van der Waals surface area (Å²) in [4.78, 5) is 34.7. The van der Waals surface area contributed by atoms with Crippen LogP contribution < -0.4 is 10.6 Å². The average Bonchev–Trinajstić information content (AvgIpc) is 3.19. The zero-order valence-electron chi connectivity index (χ0n) is 15.5. The summed E-state index contributed by atoms with van der Waals surface area (Å²) in [6, 6.07) is 8.42. The zero-order chi connectivity index (χ0) is 18.9. The Bertz CT molecular complexity index is 824. The number of benzene rings is 1. The van der Waals surface area contributed by atoms with Crippen LogP contribution in [0.25, 0.3) is 0 Å². The van der Waals surface area contributed by atoms with Gasteiger partial charge in [0.25, 0.3) is 5.91 Å². The van der Waals surface area contributed by atoms with Crippen molar-refractivity contribution in [1.29, 1.82) is 0 Å². The molecular weight excluding hydrogens is 342 g/mol. The molecule has 1 aromatic heterocycles. The Hall–Kier alpha value is -2.67. The minimum atomic E-state index is -0.549. The summed E-state index contributed by atoms with van der Waals surface area (Å²) < 4.78 is 0. The largest absolute Gasteiger partial charge is 0.348 e. The minimum absolute atomic E-state index is 0.0350. The molecule has 27 heavy (non-hydrogen) atoms. The van der Waals surface area contributed by atoms with Crippen molar-refractivity contribution in [3.05, 3.63) is 53.6 Å². The SMILES string of the molecule is C[C@H](NC(=O)c1ccccc1)C(=O)N1CCC2(CC1)NCCc1[nH]cnc12. The zero-order valence-corrected chi connectivity index (χ0v) is 15.5. The molecule has 0 unspecified atom stereocenters. The van der Waals surface area contributed by atoms with E-state index >= 15 is 0 Å². The van der Waals surface area contributed by atoms with Gasteiger partial charge in [-0.1, -0.05) is 18.2 Å². The highest BCUT2D eigenvalue weighted by Gasteiger charge is 2.42. The Labute approximate surface area is 158 Å². The second-order valence-corrected chi connectivity index (χ2v) is 7.38. The van der Waals surface area contributed by atoms with E-state index in [2.05, 4.69) is 20.6 Å². The van der Waals surface area contributed by atoms with Gasteiger partial charge in [-0.25, -0.2) is 4.98 Å². The molecular formula is C20H25N5O2. The van der Waals surface area contributed by atoms with Crippen LogP contribution in [0.5, 0.6) is 0 Å². The number of amides is 2. The lowest BCUT2D eigenvalue weighted by Crippen LogP contribution is -2.57. The third kappa shape index (κ3) is 3.35. The van der Waals surface area contributed by atoms with Crippen molar-refractivity contribution in [2.24, 2.45) is 0 Å². The predicted octanol–water partition coefficient (Wildman–Crippen LogP) is 1.19. The fourth-order valence-electron chi connectivity index (χ4n) is 4.16. The minimum Gasteiger partial charge on any atom is -0.348 e. The van der Waals surface area contributed by atoms with Gasteiger partial charge in [0, 0.05) is 37.3 Å². The summed E-state index contributed by atoms with van der Waals surface area (Å²) in [5.41, 5.74) is 2.73. The Kier molecular flexibility index (Phi) is 4.70. The third-order valence-corrected chi connectivity index (χ3v) is 5.69. The van der Waals surface area contributed by atoms with E-state index in [1.807, 2.05) is 23.1 Å². The van der Waals surface area contributed by atoms with E-state index in [1.165, 1.54) is 5.69 Å². The van der Waals surface area contributed by atoms with Gasteiger partial charge in [0.2, 0.25) is 5.91 Å². The van der Waals surface area contributed by atoms with Crippen molar-refractivity contribution in [3.8, 4) is 0 Å². The number of carbonyl (C=O) groups excluding carboxylic acids is 2. The van der Waals surface area contributed by atoms with Crippen LogP contribution in [0, 0.1) is 0 Å². The second kappa shape index (κ2) is 7.15. The number of rotatable bonds is 3. The molecule has 1 fully saturated rings. The molecule has 142 valence electrons. The number of hydrogen-bond acceptors (Lipinski definition) is 4. The van der Waals surface area contributed by atoms with Crippen molar-refractivity contribution in [2.75, 3.05) is 19.6 Å². The molecule has 1 saturated heterocycles. The molecule has 7 heteroatoms. The number of nitrogens with zero attached hydrogens (tertiary/aromatic N) is 2. The van der Waals surface area contributed by atoms with Crippen molar-refractivity contribution < 1.29 is 9.59 Å². The van der Waals surface area contributed by atoms with E-state index < -0.39 is 6.04 Å². The van der Waals surface area contributed by atoms with Crippen molar-refractivity contribution >= 4 is 11.8 Å². The Morgan fingerprint density at radius 1 is 1.22 bits per heavy atom. The van der Waals surface area contributed by atoms with Crippen LogP contribution in [0.1, 0.15) is 41.5 Å². The molecule has 0 radical (unpaired) electrons. The van der Waals surface area contributed by atoms with Crippen LogP contribution in [0.2, 0.25) is 0 Å². The summed E-state index contributed by atoms with van der Waals surface area (Å²) in [5.74, 6) is -0.257. The molecule has 0 saturated carbocycles. The lowest BCUT2D eigenvalue weighted by molar-refractivity contribution is -0.134. The molecule has 1 atom stereocenters. The van der Waals surface area contributed by atoms with Gasteiger partial charge in [-0.3, -0.25) is 9.59 Å². The maximum absolute atomic E-state index is 12.8. The van der Waals surface area contributed by atoms with Gasteiger partial charge >= 0.3 is 0 Å². The number of fused-ring (bicyclic) bond motifs is 2. The van der Waals surface area contributed by atoms with Gasteiger partial charge in [-0.2, -0.15) is 0 Å². The number of H-pyrrole nitrogens is 1. The maximum atomic E-state index is 12.8. The normalized spacial score (nSPS) is 19.4. The third-order valence-electron chi connectivity index (χ3n) is 5.69. The molecule has 0 aliphatic carbocycles. The second-order valence-electron chi connectivity index (χ2n) is 7.38. The van der Waals surface area contributed by atoms with Gasteiger partial charge in [0.05, 0.1) is 17.6 Å². The Balaban J connectivity index is 1.37. The molecule has 2 aliphatic rings. The van der Waals surface area contributed by atoms with E-state index in [-0.39, 0.29) is 17.4 Å². The van der Waals surface area contributed by atoms with E-state index in [0.717, 1.165) is 31.5 Å². The highest BCUT2D eigenvalue weighted by molar-refractivity contribution is 5.97. The summed E-state index contributed by atoms with van der Waals surface area (Å²) in [6.45, 7) is 3.98. The van der Waals surface area contributed by atoms with Gasteiger partial charge in [0.1, 0.15) is 6.04 Å². The van der Waals surface area contributed by atoms with Gasteiger partial charge < -0.3 is 20.5 Å². The first kappa shape index (κ1) is 17.7. The molecule has 7 nitrogen and oxygen atoms in total. The summed E-state index contributed by atoms with van der Waals surface area (Å²) >= 11 is 0. The molecule has 0 bridgehead atoms. The van der Waals surface area contributed by atoms with E-state index in [0.29, 0.717) is 18.7 Å². The molecule has 2 amide bonds. The van der Waals surface area contributed by atoms with Crippen molar-refractivity contribution in [3.63, 3.8) is 0 Å². The smallest absolute Gasteiger partial charge is 0.251 e. The monoisotopic (exact) mass is 367 g/mol. The predicted molar refractivity (Wildman–Crippen MR) is 101 cm³/mol. The van der Waals surface area contributed by atoms with Crippen LogP contribution in [-0.4, -0.2) is 52.4 Å². The number of nitrogens with one attached hydrogen (secondary N) is 3. The van der Waals surface area contributed by atoms with E-state index in [1.54, 1.807) is 25.4 Å². The molecule has 1 aromatic carbocycles. The highest BCUT2D eigenvalue weighted by atomic mass is 16.2. The molecule has 1 spiro atoms. The van der Waals surface area contributed by atoms with Crippen molar-refractivity contribution in [1.82, 2.24) is 25.5 Å². The fraction of sp³-hybridized carbons (Fsp3) is 0.450. The first-order chi connectivity index (χ1) is 13.1. The van der Waals surface area contributed by atoms with Gasteiger partial charge in [-0.05, 0) is 31.9 Å². The van der Waals surface area contributed by atoms with Crippen LogP contribution in [0.3, 0.4) is 0 Å². The fourth-order valence-corrected chi connectivity index (χ4v) is 4.16. The number of aromatic nitrogens is 2. The number of aromatic amines is 1. The molecule has 2 aromatic rings. The van der Waals surface area contributed by atoms with Gasteiger partial charge in [0.15, 0.2) is 0 Å². The summed E-state index contributed by atoms with van der Waals surface area (Å²) in [6.07, 6.45) is 4.38. The number of hydrogen-bond donors (Lipinski definition) is 3. The lowest BCUT2D eigenvalue weighted by atomic mass is 9.80. The lowest BCUT2D eigenvalue weighted by Gasteiger charge is -2.44. The first-order valence-corrected chi connectivity index (χ1v) is 9.51.